The lowest BCUT2D eigenvalue weighted by atomic mass is 10.1. The summed E-state index contributed by atoms with van der Waals surface area (Å²) in [6, 6.07) is 14.0. The molecule has 1 aliphatic heterocycles. The third-order valence-corrected chi connectivity index (χ3v) is 5.58. The van der Waals surface area contributed by atoms with Crippen molar-refractivity contribution in [1.29, 1.82) is 0 Å². The molecule has 1 fully saturated rings. The second-order valence-corrected chi connectivity index (χ2v) is 8.07. The van der Waals surface area contributed by atoms with E-state index in [1.165, 1.54) is 22.8 Å². The summed E-state index contributed by atoms with van der Waals surface area (Å²) in [6.07, 6.45) is 5.65. The summed E-state index contributed by atoms with van der Waals surface area (Å²) in [5, 5.41) is 14.9. The normalized spacial score (nSPS) is 15.3. The van der Waals surface area contributed by atoms with Crippen molar-refractivity contribution >= 4 is 44.9 Å². The molecule has 5 heteroatoms. The molecular formula is C21H22IN3O. The Kier molecular flexibility index (Phi) is 5.26. The van der Waals surface area contributed by atoms with E-state index in [9.17, 15) is 5.11 Å². The highest BCUT2D eigenvalue weighted by atomic mass is 127. The van der Waals surface area contributed by atoms with Gasteiger partial charge in [-0.05, 0) is 91.0 Å². The van der Waals surface area contributed by atoms with Gasteiger partial charge in [0, 0.05) is 38.6 Å². The standard InChI is InChI=1S/C21H22IN3O/c22-16-4-6-18-19(8-9-23-20(18)13-16)24-17-5-7-21(26)15(12-17)14-25-10-2-1-3-11-25/h4-9,12-13,26H,1-3,10-11,14H2,(H,23,24). The van der Waals surface area contributed by atoms with Crippen molar-refractivity contribution in [2.45, 2.75) is 25.8 Å². The van der Waals surface area contributed by atoms with Crippen molar-refractivity contribution < 1.29 is 5.11 Å². The molecule has 1 aliphatic rings. The van der Waals surface area contributed by atoms with E-state index in [2.05, 4.69) is 62.1 Å². The van der Waals surface area contributed by atoms with Crippen molar-refractivity contribution in [1.82, 2.24) is 9.88 Å². The monoisotopic (exact) mass is 459 g/mol. The number of benzene rings is 2. The van der Waals surface area contributed by atoms with E-state index < -0.39 is 0 Å². The molecule has 1 aromatic heterocycles. The molecule has 2 N–H and O–H groups in total. The SMILES string of the molecule is Oc1ccc(Nc2ccnc3cc(I)ccc23)cc1CN1CCCCC1. The number of nitrogens with zero attached hydrogens (tertiary/aromatic N) is 2. The summed E-state index contributed by atoms with van der Waals surface area (Å²) in [5.41, 5.74) is 3.97. The van der Waals surface area contributed by atoms with Crippen LogP contribution < -0.4 is 5.32 Å². The molecule has 0 amide bonds. The van der Waals surface area contributed by atoms with Crippen LogP contribution in [0.15, 0.2) is 48.7 Å². The van der Waals surface area contributed by atoms with Gasteiger partial charge in [-0.2, -0.15) is 0 Å². The fraction of sp³-hybridized carbons (Fsp3) is 0.286. The lowest BCUT2D eigenvalue weighted by Gasteiger charge is -2.26. The third-order valence-electron chi connectivity index (χ3n) is 4.91. The first kappa shape index (κ1) is 17.5. The van der Waals surface area contributed by atoms with E-state index in [4.69, 9.17) is 0 Å². The molecule has 2 aromatic carbocycles. The van der Waals surface area contributed by atoms with Gasteiger partial charge < -0.3 is 10.4 Å². The van der Waals surface area contributed by atoms with Crippen molar-refractivity contribution in [2.75, 3.05) is 18.4 Å². The van der Waals surface area contributed by atoms with E-state index in [1.54, 1.807) is 6.07 Å². The Morgan fingerprint density at radius 3 is 2.73 bits per heavy atom. The maximum Gasteiger partial charge on any atom is 0.120 e. The van der Waals surface area contributed by atoms with Gasteiger partial charge in [-0.15, -0.1) is 0 Å². The van der Waals surface area contributed by atoms with E-state index >= 15 is 0 Å². The fourth-order valence-electron chi connectivity index (χ4n) is 3.53. The number of likely N-dealkylation sites (tertiary alicyclic amines) is 1. The number of rotatable bonds is 4. The smallest absolute Gasteiger partial charge is 0.120 e. The summed E-state index contributed by atoms with van der Waals surface area (Å²) in [5.74, 6) is 0.371. The fourth-order valence-corrected chi connectivity index (χ4v) is 4.01. The Balaban J connectivity index is 1.59. The highest BCUT2D eigenvalue weighted by molar-refractivity contribution is 14.1. The Morgan fingerprint density at radius 1 is 1.04 bits per heavy atom. The van der Waals surface area contributed by atoms with Gasteiger partial charge >= 0.3 is 0 Å². The highest BCUT2D eigenvalue weighted by Gasteiger charge is 2.13. The maximum atomic E-state index is 10.3. The molecule has 0 atom stereocenters. The molecule has 0 saturated carbocycles. The van der Waals surface area contributed by atoms with Crippen LogP contribution in [-0.2, 0) is 6.54 Å². The lowest BCUT2D eigenvalue weighted by molar-refractivity contribution is 0.218. The summed E-state index contributed by atoms with van der Waals surface area (Å²) >= 11 is 2.30. The number of anilines is 2. The zero-order chi connectivity index (χ0) is 17.9. The average molecular weight is 459 g/mol. The number of phenols is 1. The minimum Gasteiger partial charge on any atom is -0.508 e. The van der Waals surface area contributed by atoms with Gasteiger partial charge in [0.15, 0.2) is 0 Å². The molecule has 26 heavy (non-hydrogen) atoms. The molecule has 0 unspecified atom stereocenters. The number of pyridine rings is 1. The van der Waals surface area contributed by atoms with Crippen LogP contribution in [0, 0.1) is 3.57 Å². The van der Waals surface area contributed by atoms with E-state index in [0.29, 0.717) is 5.75 Å². The Labute approximate surface area is 167 Å². The number of piperidine rings is 1. The molecule has 1 saturated heterocycles. The lowest BCUT2D eigenvalue weighted by Crippen LogP contribution is -2.29. The number of nitrogens with one attached hydrogen (secondary N) is 1. The van der Waals surface area contributed by atoms with Crippen LogP contribution in [-0.4, -0.2) is 28.1 Å². The number of fused-ring (bicyclic) bond motifs is 1. The molecule has 0 aliphatic carbocycles. The van der Waals surface area contributed by atoms with Crippen LogP contribution in [0.3, 0.4) is 0 Å². The Hall–Kier alpha value is -1.86. The Morgan fingerprint density at radius 2 is 1.88 bits per heavy atom. The predicted octanol–water partition coefficient (Wildman–Crippen LogP) is 5.27. The molecule has 4 nitrogen and oxygen atoms in total. The number of halogens is 1. The van der Waals surface area contributed by atoms with Crippen molar-refractivity contribution in [3.8, 4) is 5.75 Å². The van der Waals surface area contributed by atoms with Crippen LogP contribution in [0.4, 0.5) is 11.4 Å². The van der Waals surface area contributed by atoms with Crippen molar-refractivity contribution in [3.63, 3.8) is 0 Å². The molecule has 0 bridgehead atoms. The quantitative estimate of drug-likeness (QED) is 0.412. The van der Waals surface area contributed by atoms with Gasteiger partial charge in [0.2, 0.25) is 0 Å². The third kappa shape index (κ3) is 3.94. The minimum absolute atomic E-state index is 0.371. The number of aromatic nitrogens is 1. The van der Waals surface area contributed by atoms with Crippen LogP contribution in [0.25, 0.3) is 10.9 Å². The number of hydrogen-bond donors (Lipinski definition) is 2. The minimum atomic E-state index is 0.371. The average Bonchev–Trinajstić information content (AvgIpc) is 2.65. The second-order valence-electron chi connectivity index (χ2n) is 6.83. The second kappa shape index (κ2) is 7.80. The van der Waals surface area contributed by atoms with Crippen LogP contribution in [0.1, 0.15) is 24.8 Å². The molecule has 0 radical (unpaired) electrons. The van der Waals surface area contributed by atoms with Crippen molar-refractivity contribution in [3.05, 3.63) is 57.8 Å². The summed E-state index contributed by atoms with van der Waals surface area (Å²) in [4.78, 5) is 6.88. The molecule has 134 valence electrons. The van der Waals surface area contributed by atoms with Crippen LogP contribution >= 0.6 is 22.6 Å². The first-order valence-electron chi connectivity index (χ1n) is 9.04. The van der Waals surface area contributed by atoms with Crippen LogP contribution in [0.5, 0.6) is 5.75 Å². The summed E-state index contributed by atoms with van der Waals surface area (Å²) in [6.45, 7) is 3.03. The van der Waals surface area contributed by atoms with Gasteiger partial charge in [0.1, 0.15) is 5.75 Å². The van der Waals surface area contributed by atoms with E-state index in [0.717, 1.165) is 47.5 Å². The summed E-state index contributed by atoms with van der Waals surface area (Å²) in [7, 11) is 0. The summed E-state index contributed by atoms with van der Waals surface area (Å²) < 4.78 is 1.17. The predicted molar refractivity (Wildman–Crippen MR) is 115 cm³/mol. The molecule has 2 heterocycles. The molecular weight excluding hydrogens is 437 g/mol. The molecule has 3 aromatic rings. The molecule has 0 spiro atoms. The maximum absolute atomic E-state index is 10.3. The van der Waals surface area contributed by atoms with E-state index in [1.807, 2.05) is 18.3 Å². The number of aromatic hydroxyl groups is 1. The van der Waals surface area contributed by atoms with Gasteiger partial charge in [0.05, 0.1) is 5.52 Å². The number of hydrogen-bond acceptors (Lipinski definition) is 4. The van der Waals surface area contributed by atoms with Gasteiger partial charge in [-0.1, -0.05) is 6.42 Å². The van der Waals surface area contributed by atoms with Gasteiger partial charge in [-0.25, -0.2) is 0 Å². The number of phenolic OH excluding ortho intramolecular Hbond substituents is 1. The van der Waals surface area contributed by atoms with E-state index in [-0.39, 0.29) is 0 Å². The van der Waals surface area contributed by atoms with Crippen LogP contribution in [0.2, 0.25) is 0 Å². The largest absolute Gasteiger partial charge is 0.508 e. The van der Waals surface area contributed by atoms with Gasteiger partial charge in [-0.3, -0.25) is 9.88 Å². The zero-order valence-corrected chi connectivity index (χ0v) is 16.7. The van der Waals surface area contributed by atoms with Crippen molar-refractivity contribution in [2.24, 2.45) is 0 Å². The first-order valence-corrected chi connectivity index (χ1v) is 10.1. The highest BCUT2D eigenvalue weighted by Crippen LogP contribution is 2.29. The van der Waals surface area contributed by atoms with Gasteiger partial charge in [0.25, 0.3) is 0 Å². The topological polar surface area (TPSA) is 48.4 Å². The first-order chi connectivity index (χ1) is 12.7. The zero-order valence-electron chi connectivity index (χ0n) is 14.6. The molecule has 4 rings (SSSR count). The Bertz CT molecular complexity index is 922.